The van der Waals surface area contributed by atoms with Gasteiger partial charge in [-0.25, -0.2) is 8.42 Å². The number of anilines is 1. The molecular formula is C12H15ClN2O4S. The number of carbonyl (C=O) groups excluding carboxylic acids is 1. The molecule has 0 radical (unpaired) electrons. The second kappa shape index (κ2) is 5.59. The lowest BCUT2D eigenvalue weighted by molar-refractivity contribution is -0.144. The fraction of sp³-hybridized carbons (Fsp3) is 0.417. The number of benzene rings is 1. The highest BCUT2D eigenvalue weighted by atomic mass is 35.5. The smallest absolute Gasteiger partial charge is 0.324 e. The second-order valence-corrected chi connectivity index (χ2v) is 6.78. The summed E-state index contributed by atoms with van der Waals surface area (Å²) < 4.78 is 30.9. The van der Waals surface area contributed by atoms with Gasteiger partial charge in [0, 0.05) is 6.54 Å². The van der Waals surface area contributed by atoms with Crippen LogP contribution >= 0.6 is 11.6 Å². The van der Waals surface area contributed by atoms with E-state index in [-0.39, 0.29) is 22.2 Å². The lowest BCUT2D eigenvalue weighted by atomic mass is 10.2. The van der Waals surface area contributed by atoms with Crippen LogP contribution < -0.4 is 5.73 Å². The second-order valence-electron chi connectivity index (χ2n) is 4.48. The summed E-state index contributed by atoms with van der Waals surface area (Å²) in [5.41, 5.74) is 5.81. The van der Waals surface area contributed by atoms with Crippen LogP contribution in [0.15, 0.2) is 23.1 Å². The molecule has 1 aromatic rings. The van der Waals surface area contributed by atoms with E-state index in [9.17, 15) is 13.2 Å². The van der Waals surface area contributed by atoms with Gasteiger partial charge in [0.15, 0.2) is 0 Å². The molecule has 0 aliphatic carbocycles. The predicted molar refractivity (Wildman–Crippen MR) is 74.8 cm³/mol. The van der Waals surface area contributed by atoms with E-state index >= 15 is 0 Å². The molecule has 1 aliphatic heterocycles. The molecule has 0 aromatic heterocycles. The third kappa shape index (κ3) is 2.61. The molecule has 1 saturated heterocycles. The molecule has 0 spiro atoms. The summed E-state index contributed by atoms with van der Waals surface area (Å²) in [7, 11) is -2.55. The van der Waals surface area contributed by atoms with Crippen LogP contribution in [-0.2, 0) is 19.6 Å². The number of halogens is 1. The maximum atomic E-state index is 12.5. The molecule has 0 amide bonds. The summed E-state index contributed by atoms with van der Waals surface area (Å²) >= 11 is 5.78. The van der Waals surface area contributed by atoms with Gasteiger partial charge in [-0.15, -0.1) is 0 Å². The molecule has 8 heteroatoms. The summed E-state index contributed by atoms with van der Waals surface area (Å²) in [4.78, 5) is 11.7. The van der Waals surface area contributed by atoms with E-state index in [1.165, 1.54) is 25.3 Å². The van der Waals surface area contributed by atoms with Crippen molar-refractivity contribution in [1.82, 2.24) is 4.31 Å². The Hall–Kier alpha value is -1.31. The molecule has 1 atom stereocenters. The van der Waals surface area contributed by atoms with Crippen molar-refractivity contribution in [1.29, 1.82) is 0 Å². The Bertz CT molecular complexity index is 632. The van der Waals surface area contributed by atoms with E-state index in [0.29, 0.717) is 12.8 Å². The monoisotopic (exact) mass is 318 g/mol. The minimum atomic E-state index is -3.79. The highest BCUT2D eigenvalue weighted by molar-refractivity contribution is 7.89. The van der Waals surface area contributed by atoms with E-state index in [4.69, 9.17) is 17.3 Å². The minimum absolute atomic E-state index is 0.0233. The Morgan fingerprint density at radius 1 is 1.50 bits per heavy atom. The van der Waals surface area contributed by atoms with Crippen molar-refractivity contribution in [3.8, 4) is 0 Å². The van der Waals surface area contributed by atoms with Gasteiger partial charge in [0.1, 0.15) is 6.04 Å². The Kier molecular flexibility index (Phi) is 4.22. The summed E-state index contributed by atoms with van der Waals surface area (Å²) in [5, 5.41) is 0.287. The maximum Gasteiger partial charge on any atom is 0.324 e. The number of sulfonamides is 1. The summed E-state index contributed by atoms with van der Waals surface area (Å²) in [5.74, 6) is -0.548. The fourth-order valence-corrected chi connectivity index (χ4v) is 4.02. The molecule has 1 unspecified atom stereocenters. The largest absolute Gasteiger partial charge is 0.468 e. The van der Waals surface area contributed by atoms with Crippen molar-refractivity contribution in [3.05, 3.63) is 23.2 Å². The van der Waals surface area contributed by atoms with Crippen LogP contribution in [0.2, 0.25) is 5.02 Å². The average Bonchev–Trinajstić information content (AvgIpc) is 2.90. The van der Waals surface area contributed by atoms with Gasteiger partial charge in [-0.1, -0.05) is 11.6 Å². The Morgan fingerprint density at radius 2 is 2.20 bits per heavy atom. The highest BCUT2D eigenvalue weighted by Gasteiger charge is 2.40. The molecule has 20 heavy (non-hydrogen) atoms. The van der Waals surface area contributed by atoms with Crippen molar-refractivity contribution in [2.45, 2.75) is 23.8 Å². The Balaban J connectivity index is 2.38. The zero-order chi connectivity index (χ0) is 14.9. The third-order valence-electron chi connectivity index (χ3n) is 3.25. The standard InChI is InChI=1S/C12H15ClN2O4S/c1-19-12(16)11-3-2-6-15(11)20(17,18)8-4-5-9(13)10(14)7-8/h4-5,7,11H,2-3,6,14H2,1H3. The number of nitrogen functional groups attached to an aromatic ring is 1. The van der Waals surface area contributed by atoms with Crippen LogP contribution in [0, 0.1) is 0 Å². The number of rotatable bonds is 3. The van der Waals surface area contributed by atoms with Gasteiger partial charge in [0.05, 0.1) is 22.7 Å². The van der Waals surface area contributed by atoms with Crippen LogP contribution in [0.25, 0.3) is 0 Å². The molecule has 1 heterocycles. The molecular weight excluding hydrogens is 304 g/mol. The molecule has 6 nitrogen and oxygen atoms in total. The zero-order valence-corrected chi connectivity index (χ0v) is 12.4. The Morgan fingerprint density at radius 3 is 2.80 bits per heavy atom. The first-order valence-electron chi connectivity index (χ1n) is 6.02. The molecule has 2 N–H and O–H groups in total. The molecule has 0 bridgehead atoms. The van der Waals surface area contributed by atoms with Gasteiger partial charge in [0.2, 0.25) is 10.0 Å². The topological polar surface area (TPSA) is 89.7 Å². The quantitative estimate of drug-likeness (QED) is 0.669. The SMILES string of the molecule is COC(=O)C1CCCN1S(=O)(=O)c1ccc(Cl)c(N)c1. The van der Waals surface area contributed by atoms with Crippen LogP contribution in [0.1, 0.15) is 12.8 Å². The van der Waals surface area contributed by atoms with Crippen LogP contribution in [0.4, 0.5) is 5.69 Å². The normalized spacial score (nSPS) is 20.0. The number of hydrogen-bond donors (Lipinski definition) is 1. The van der Waals surface area contributed by atoms with Crippen LogP contribution in [0.3, 0.4) is 0 Å². The first-order chi connectivity index (χ1) is 9.37. The first kappa shape index (κ1) is 15.1. The van der Waals surface area contributed by atoms with Gasteiger partial charge in [-0.3, -0.25) is 4.79 Å². The number of hydrogen-bond acceptors (Lipinski definition) is 5. The average molecular weight is 319 g/mol. The van der Waals surface area contributed by atoms with E-state index in [1.807, 2.05) is 0 Å². The highest BCUT2D eigenvalue weighted by Crippen LogP contribution is 2.29. The number of nitrogens with two attached hydrogens (primary N) is 1. The van der Waals surface area contributed by atoms with E-state index in [1.54, 1.807) is 0 Å². The molecule has 1 aromatic carbocycles. The number of ether oxygens (including phenoxy) is 1. The zero-order valence-electron chi connectivity index (χ0n) is 10.9. The number of esters is 1. The lowest BCUT2D eigenvalue weighted by Gasteiger charge is -2.22. The molecule has 110 valence electrons. The van der Waals surface area contributed by atoms with Gasteiger partial charge in [-0.2, -0.15) is 4.31 Å². The van der Waals surface area contributed by atoms with Crippen molar-refractivity contribution in [2.75, 3.05) is 19.4 Å². The molecule has 0 saturated carbocycles. The van der Waals surface area contributed by atoms with E-state index < -0.39 is 22.0 Å². The molecule has 1 fully saturated rings. The number of carbonyl (C=O) groups is 1. The van der Waals surface area contributed by atoms with Gasteiger partial charge in [0.25, 0.3) is 0 Å². The molecule has 2 rings (SSSR count). The van der Waals surface area contributed by atoms with Crippen molar-refractivity contribution in [3.63, 3.8) is 0 Å². The third-order valence-corrected chi connectivity index (χ3v) is 5.50. The Labute approximate surface area is 122 Å². The van der Waals surface area contributed by atoms with E-state index in [2.05, 4.69) is 4.74 Å². The van der Waals surface area contributed by atoms with Gasteiger partial charge < -0.3 is 10.5 Å². The number of nitrogens with zero attached hydrogens (tertiary/aromatic N) is 1. The van der Waals surface area contributed by atoms with E-state index in [0.717, 1.165) is 4.31 Å². The summed E-state index contributed by atoms with van der Waals surface area (Å²) in [6.07, 6.45) is 1.07. The van der Waals surface area contributed by atoms with Crippen molar-refractivity contribution < 1.29 is 17.9 Å². The minimum Gasteiger partial charge on any atom is -0.468 e. The van der Waals surface area contributed by atoms with Gasteiger partial charge in [-0.05, 0) is 31.0 Å². The van der Waals surface area contributed by atoms with Crippen LogP contribution in [-0.4, -0.2) is 38.4 Å². The summed E-state index contributed by atoms with van der Waals surface area (Å²) in [6.45, 7) is 0.282. The van der Waals surface area contributed by atoms with Crippen molar-refractivity contribution in [2.24, 2.45) is 0 Å². The summed E-state index contributed by atoms with van der Waals surface area (Å²) in [6, 6.07) is 3.32. The lowest BCUT2D eigenvalue weighted by Crippen LogP contribution is -2.41. The fourth-order valence-electron chi connectivity index (χ4n) is 2.22. The van der Waals surface area contributed by atoms with Gasteiger partial charge >= 0.3 is 5.97 Å². The molecule has 1 aliphatic rings. The first-order valence-corrected chi connectivity index (χ1v) is 7.84. The van der Waals surface area contributed by atoms with Crippen LogP contribution in [0.5, 0.6) is 0 Å². The number of methoxy groups -OCH3 is 1. The predicted octanol–water partition coefficient (Wildman–Crippen LogP) is 1.25. The maximum absolute atomic E-state index is 12.5. The van der Waals surface area contributed by atoms with Crippen molar-refractivity contribution >= 4 is 33.3 Å².